The van der Waals surface area contributed by atoms with Crippen molar-refractivity contribution >= 4 is 23.4 Å². The molecule has 8 heteroatoms. The van der Waals surface area contributed by atoms with Crippen molar-refractivity contribution in [2.75, 3.05) is 5.32 Å². The predicted molar refractivity (Wildman–Crippen MR) is 95.6 cm³/mol. The normalized spacial score (nSPS) is 15.0. The van der Waals surface area contributed by atoms with E-state index >= 15 is 0 Å². The number of amides is 3. The molecule has 1 N–H and O–H groups in total. The van der Waals surface area contributed by atoms with Crippen LogP contribution in [0.3, 0.4) is 0 Å². The first-order valence-electron chi connectivity index (χ1n) is 8.56. The minimum atomic E-state index is -4.48. The molecule has 28 heavy (non-hydrogen) atoms. The number of benzene rings is 2. The maximum absolute atomic E-state index is 12.8. The van der Waals surface area contributed by atoms with Gasteiger partial charge in [-0.25, -0.2) is 0 Å². The highest BCUT2D eigenvalue weighted by atomic mass is 19.4. The smallest absolute Gasteiger partial charge is 0.324 e. The van der Waals surface area contributed by atoms with Crippen LogP contribution in [0.25, 0.3) is 0 Å². The Morgan fingerprint density at radius 3 is 1.86 bits per heavy atom. The van der Waals surface area contributed by atoms with Crippen molar-refractivity contribution < 1.29 is 27.6 Å². The Balaban J connectivity index is 1.84. The fourth-order valence-electron chi connectivity index (χ4n) is 3.14. The van der Waals surface area contributed by atoms with Gasteiger partial charge in [0.15, 0.2) is 0 Å². The molecule has 1 heterocycles. The molecule has 0 aromatic heterocycles. The number of anilines is 1. The van der Waals surface area contributed by atoms with Crippen molar-refractivity contribution in [3.05, 3.63) is 65.2 Å². The number of carbonyl (C=O) groups excluding carboxylic acids is 3. The van der Waals surface area contributed by atoms with E-state index in [0.717, 1.165) is 29.2 Å². The zero-order valence-corrected chi connectivity index (χ0v) is 15.1. The van der Waals surface area contributed by atoms with Crippen molar-refractivity contribution in [2.45, 2.75) is 26.1 Å². The largest absolute Gasteiger partial charge is 0.416 e. The Hall–Kier alpha value is -3.16. The molecule has 0 bridgehead atoms. The molecule has 1 aliphatic heterocycles. The molecular formula is C20H17F3N2O3. The zero-order valence-electron chi connectivity index (χ0n) is 15.1. The molecule has 3 amide bonds. The summed E-state index contributed by atoms with van der Waals surface area (Å²) in [7, 11) is 0. The van der Waals surface area contributed by atoms with E-state index in [1.807, 2.05) is 0 Å². The van der Waals surface area contributed by atoms with Gasteiger partial charge in [0, 0.05) is 5.69 Å². The van der Waals surface area contributed by atoms with Gasteiger partial charge >= 0.3 is 6.18 Å². The van der Waals surface area contributed by atoms with Gasteiger partial charge in [0.05, 0.1) is 16.7 Å². The van der Waals surface area contributed by atoms with Crippen LogP contribution in [0, 0.1) is 5.92 Å². The number of fused-ring (bicyclic) bond motifs is 1. The average Bonchev–Trinajstić information content (AvgIpc) is 2.87. The quantitative estimate of drug-likeness (QED) is 0.804. The van der Waals surface area contributed by atoms with Crippen LogP contribution in [-0.4, -0.2) is 28.7 Å². The van der Waals surface area contributed by atoms with Crippen molar-refractivity contribution in [1.29, 1.82) is 0 Å². The number of hydrogen-bond donors (Lipinski definition) is 1. The molecule has 1 aliphatic rings. The summed E-state index contributed by atoms with van der Waals surface area (Å²) in [6.45, 7) is 3.36. The summed E-state index contributed by atoms with van der Waals surface area (Å²) in [5, 5.41) is 2.49. The van der Waals surface area contributed by atoms with Gasteiger partial charge in [0.1, 0.15) is 6.04 Å². The van der Waals surface area contributed by atoms with Crippen LogP contribution in [-0.2, 0) is 11.0 Å². The molecule has 0 aliphatic carbocycles. The lowest BCUT2D eigenvalue weighted by atomic mass is 10.0. The molecule has 1 unspecified atom stereocenters. The summed E-state index contributed by atoms with van der Waals surface area (Å²) >= 11 is 0. The Labute approximate surface area is 159 Å². The standard InChI is InChI=1S/C20H17F3N2O3/c1-11(2)16(25-18(27)14-5-3-4-6-15(14)19(25)28)17(26)24-13-9-7-12(8-10-13)20(21,22)23/h3-11,16H,1-2H3,(H,24,26). The highest BCUT2D eigenvalue weighted by Gasteiger charge is 2.43. The average molecular weight is 390 g/mol. The Kier molecular flexibility index (Phi) is 4.97. The third-order valence-corrected chi connectivity index (χ3v) is 4.48. The second-order valence-electron chi connectivity index (χ2n) is 6.78. The second-order valence-corrected chi connectivity index (χ2v) is 6.78. The zero-order chi connectivity index (χ0) is 20.6. The van der Waals surface area contributed by atoms with Crippen molar-refractivity contribution in [3.8, 4) is 0 Å². The first-order valence-corrected chi connectivity index (χ1v) is 8.56. The van der Waals surface area contributed by atoms with E-state index in [0.29, 0.717) is 0 Å². The molecule has 1 atom stereocenters. The number of carbonyl (C=O) groups is 3. The lowest BCUT2D eigenvalue weighted by Gasteiger charge is -2.28. The van der Waals surface area contributed by atoms with E-state index in [9.17, 15) is 27.6 Å². The molecule has 146 valence electrons. The maximum atomic E-state index is 12.8. The second kappa shape index (κ2) is 7.10. The summed E-state index contributed by atoms with van der Waals surface area (Å²) in [5.41, 5.74) is -0.257. The lowest BCUT2D eigenvalue weighted by molar-refractivity contribution is -0.137. The van der Waals surface area contributed by atoms with Gasteiger partial charge in [0.25, 0.3) is 11.8 Å². The summed E-state index contributed by atoms with van der Waals surface area (Å²) in [6.07, 6.45) is -4.48. The number of halogens is 3. The topological polar surface area (TPSA) is 66.5 Å². The summed E-state index contributed by atoms with van der Waals surface area (Å²) in [5.74, 6) is -2.19. The molecule has 0 radical (unpaired) electrons. The fraction of sp³-hybridized carbons (Fsp3) is 0.250. The molecule has 0 fully saturated rings. The minimum absolute atomic E-state index is 0.139. The van der Waals surface area contributed by atoms with Gasteiger partial charge in [-0.05, 0) is 42.3 Å². The first kappa shape index (κ1) is 19.6. The Bertz CT molecular complexity index is 901. The lowest BCUT2D eigenvalue weighted by Crippen LogP contribution is -2.50. The highest BCUT2D eigenvalue weighted by molar-refractivity contribution is 6.23. The number of nitrogens with zero attached hydrogens (tertiary/aromatic N) is 1. The van der Waals surface area contributed by atoms with E-state index in [2.05, 4.69) is 5.32 Å². The number of alkyl halides is 3. The fourth-order valence-corrected chi connectivity index (χ4v) is 3.14. The Morgan fingerprint density at radius 1 is 0.929 bits per heavy atom. The number of rotatable bonds is 4. The van der Waals surface area contributed by atoms with Crippen LogP contribution in [0.2, 0.25) is 0 Å². The molecular weight excluding hydrogens is 373 g/mol. The molecule has 0 spiro atoms. The van der Waals surface area contributed by atoms with Gasteiger partial charge in [-0.2, -0.15) is 13.2 Å². The van der Waals surface area contributed by atoms with Crippen LogP contribution in [0.4, 0.5) is 18.9 Å². The molecule has 2 aromatic carbocycles. The van der Waals surface area contributed by atoms with Gasteiger partial charge < -0.3 is 5.32 Å². The van der Waals surface area contributed by atoms with Crippen molar-refractivity contribution in [3.63, 3.8) is 0 Å². The monoisotopic (exact) mass is 390 g/mol. The van der Waals surface area contributed by atoms with Crippen molar-refractivity contribution in [2.24, 2.45) is 5.92 Å². The van der Waals surface area contributed by atoms with E-state index < -0.39 is 41.4 Å². The van der Waals surface area contributed by atoms with Crippen LogP contribution in [0.1, 0.15) is 40.1 Å². The summed E-state index contributed by atoms with van der Waals surface area (Å²) < 4.78 is 38.0. The van der Waals surface area contributed by atoms with Gasteiger partial charge in [0.2, 0.25) is 5.91 Å². The number of hydrogen-bond acceptors (Lipinski definition) is 3. The van der Waals surface area contributed by atoms with E-state index in [-0.39, 0.29) is 16.8 Å². The van der Waals surface area contributed by atoms with E-state index in [4.69, 9.17) is 0 Å². The van der Waals surface area contributed by atoms with Crippen LogP contribution < -0.4 is 5.32 Å². The molecule has 0 saturated heterocycles. The highest BCUT2D eigenvalue weighted by Crippen LogP contribution is 2.31. The molecule has 0 saturated carbocycles. The first-order chi connectivity index (χ1) is 13.1. The minimum Gasteiger partial charge on any atom is -0.324 e. The number of nitrogens with one attached hydrogen (secondary N) is 1. The maximum Gasteiger partial charge on any atom is 0.416 e. The van der Waals surface area contributed by atoms with Gasteiger partial charge in [-0.1, -0.05) is 26.0 Å². The summed E-state index contributed by atoms with van der Waals surface area (Å²) in [6, 6.07) is 9.13. The SMILES string of the molecule is CC(C)C(C(=O)Nc1ccc(C(F)(F)F)cc1)N1C(=O)c2ccccc2C1=O. The Morgan fingerprint density at radius 2 is 1.43 bits per heavy atom. The third kappa shape index (κ3) is 3.49. The van der Waals surface area contributed by atoms with E-state index in [1.54, 1.807) is 26.0 Å². The van der Waals surface area contributed by atoms with Crippen LogP contribution in [0.5, 0.6) is 0 Å². The third-order valence-electron chi connectivity index (χ3n) is 4.48. The molecule has 3 rings (SSSR count). The summed E-state index contributed by atoms with van der Waals surface area (Å²) in [4.78, 5) is 39.0. The van der Waals surface area contributed by atoms with Crippen molar-refractivity contribution in [1.82, 2.24) is 4.90 Å². The molecule has 5 nitrogen and oxygen atoms in total. The van der Waals surface area contributed by atoms with Gasteiger partial charge in [-0.3, -0.25) is 19.3 Å². The van der Waals surface area contributed by atoms with E-state index in [1.165, 1.54) is 12.1 Å². The number of imide groups is 1. The van der Waals surface area contributed by atoms with Crippen LogP contribution in [0.15, 0.2) is 48.5 Å². The molecule has 2 aromatic rings. The van der Waals surface area contributed by atoms with Gasteiger partial charge in [-0.15, -0.1) is 0 Å². The predicted octanol–water partition coefficient (Wildman–Crippen LogP) is 3.96. The van der Waals surface area contributed by atoms with Crippen LogP contribution >= 0.6 is 0 Å².